The molecule has 1 saturated carbocycles. The standard InChI is InChI=1S/C15H22N2O2/c1-19-13-8-6-11(7-9-13)15(18)17-10-12-4-2-3-5-14(12)16/h6-9,12,14H,2-5,10,16H2,1H3,(H,17,18). The third kappa shape index (κ3) is 3.70. The maximum Gasteiger partial charge on any atom is 0.251 e. The van der Waals surface area contributed by atoms with Crippen molar-refractivity contribution in [3.8, 4) is 5.75 Å². The summed E-state index contributed by atoms with van der Waals surface area (Å²) in [5.74, 6) is 1.13. The number of methoxy groups -OCH3 is 1. The van der Waals surface area contributed by atoms with Gasteiger partial charge in [-0.25, -0.2) is 0 Å². The Morgan fingerprint density at radius 1 is 1.32 bits per heavy atom. The van der Waals surface area contributed by atoms with Gasteiger partial charge in [-0.3, -0.25) is 4.79 Å². The minimum atomic E-state index is -0.0413. The van der Waals surface area contributed by atoms with Gasteiger partial charge in [-0.05, 0) is 43.0 Å². The highest BCUT2D eigenvalue weighted by Crippen LogP contribution is 2.22. The molecule has 4 nitrogen and oxygen atoms in total. The average Bonchev–Trinajstić information content (AvgIpc) is 2.46. The van der Waals surface area contributed by atoms with Crippen molar-refractivity contribution in [2.24, 2.45) is 11.7 Å². The predicted molar refractivity (Wildman–Crippen MR) is 75.3 cm³/mol. The van der Waals surface area contributed by atoms with Gasteiger partial charge in [0.1, 0.15) is 5.75 Å². The maximum absolute atomic E-state index is 12.0. The van der Waals surface area contributed by atoms with Crippen LogP contribution in [0.3, 0.4) is 0 Å². The van der Waals surface area contributed by atoms with Crippen LogP contribution in [0.25, 0.3) is 0 Å². The first-order chi connectivity index (χ1) is 9.20. The highest BCUT2D eigenvalue weighted by molar-refractivity contribution is 5.94. The van der Waals surface area contributed by atoms with Gasteiger partial charge in [-0.15, -0.1) is 0 Å². The molecular weight excluding hydrogens is 240 g/mol. The largest absolute Gasteiger partial charge is 0.497 e. The zero-order chi connectivity index (χ0) is 13.7. The van der Waals surface area contributed by atoms with Crippen molar-refractivity contribution < 1.29 is 9.53 Å². The number of ether oxygens (including phenoxy) is 1. The monoisotopic (exact) mass is 262 g/mol. The molecule has 4 heteroatoms. The van der Waals surface area contributed by atoms with Gasteiger partial charge in [0.05, 0.1) is 7.11 Å². The molecule has 1 aliphatic carbocycles. The van der Waals surface area contributed by atoms with E-state index in [0.29, 0.717) is 18.0 Å². The molecule has 2 unspecified atom stereocenters. The summed E-state index contributed by atoms with van der Waals surface area (Å²) < 4.78 is 5.07. The molecule has 1 aliphatic rings. The van der Waals surface area contributed by atoms with E-state index in [-0.39, 0.29) is 11.9 Å². The number of rotatable bonds is 4. The van der Waals surface area contributed by atoms with Crippen molar-refractivity contribution in [2.75, 3.05) is 13.7 Å². The number of nitrogens with two attached hydrogens (primary N) is 1. The lowest BCUT2D eigenvalue weighted by molar-refractivity contribution is 0.0941. The van der Waals surface area contributed by atoms with Gasteiger partial charge < -0.3 is 15.8 Å². The van der Waals surface area contributed by atoms with E-state index in [0.717, 1.165) is 18.6 Å². The fraction of sp³-hybridized carbons (Fsp3) is 0.533. The number of carbonyl (C=O) groups is 1. The van der Waals surface area contributed by atoms with Crippen molar-refractivity contribution in [3.05, 3.63) is 29.8 Å². The second kappa shape index (κ2) is 6.57. The number of hydrogen-bond donors (Lipinski definition) is 2. The van der Waals surface area contributed by atoms with Crippen LogP contribution in [0, 0.1) is 5.92 Å². The summed E-state index contributed by atoms with van der Waals surface area (Å²) in [5.41, 5.74) is 6.73. The molecule has 1 amide bonds. The first-order valence-corrected chi connectivity index (χ1v) is 6.88. The summed E-state index contributed by atoms with van der Waals surface area (Å²) in [5, 5.41) is 2.98. The fourth-order valence-corrected chi connectivity index (χ4v) is 2.56. The van der Waals surface area contributed by atoms with Crippen LogP contribution in [-0.2, 0) is 0 Å². The van der Waals surface area contributed by atoms with E-state index in [1.165, 1.54) is 12.8 Å². The van der Waals surface area contributed by atoms with Crippen LogP contribution in [0.5, 0.6) is 5.75 Å². The summed E-state index contributed by atoms with van der Waals surface area (Å²) in [6.45, 7) is 0.673. The van der Waals surface area contributed by atoms with Crippen LogP contribution in [0.4, 0.5) is 0 Å². The lowest BCUT2D eigenvalue weighted by atomic mass is 9.85. The molecule has 1 aromatic rings. The topological polar surface area (TPSA) is 64.3 Å². The molecule has 0 spiro atoms. The van der Waals surface area contributed by atoms with Crippen molar-refractivity contribution >= 4 is 5.91 Å². The van der Waals surface area contributed by atoms with E-state index in [1.807, 2.05) is 0 Å². The molecule has 1 fully saturated rings. The molecule has 0 heterocycles. The van der Waals surface area contributed by atoms with Gasteiger partial charge in [-0.1, -0.05) is 12.8 Å². The lowest BCUT2D eigenvalue weighted by Crippen LogP contribution is -2.41. The quantitative estimate of drug-likeness (QED) is 0.871. The normalized spacial score (nSPS) is 22.8. The lowest BCUT2D eigenvalue weighted by Gasteiger charge is -2.28. The van der Waals surface area contributed by atoms with Crippen molar-refractivity contribution in [3.63, 3.8) is 0 Å². The number of amides is 1. The summed E-state index contributed by atoms with van der Waals surface area (Å²) in [6.07, 6.45) is 4.62. The number of carbonyl (C=O) groups excluding carboxylic acids is 1. The van der Waals surface area contributed by atoms with Crippen molar-refractivity contribution in [1.82, 2.24) is 5.32 Å². The van der Waals surface area contributed by atoms with E-state index >= 15 is 0 Å². The van der Waals surface area contributed by atoms with Crippen LogP contribution in [0.1, 0.15) is 36.0 Å². The minimum absolute atomic E-state index is 0.0413. The first-order valence-electron chi connectivity index (χ1n) is 6.88. The van der Waals surface area contributed by atoms with Crippen molar-refractivity contribution in [2.45, 2.75) is 31.7 Å². The Kier molecular flexibility index (Phi) is 4.80. The molecule has 0 saturated heterocycles. The summed E-state index contributed by atoms with van der Waals surface area (Å²) in [4.78, 5) is 12.0. The summed E-state index contributed by atoms with van der Waals surface area (Å²) >= 11 is 0. The molecular formula is C15H22N2O2. The predicted octanol–water partition coefficient (Wildman–Crippen LogP) is 1.94. The van der Waals surface area contributed by atoms with E-state index < -0.39 is 0 Å². The number of hydrogen-bond acceptors (Lipinski definition) is 3. The van der Waals surface area contributed by atoms with Gasteiger partial charge in [0, 0.05) is 18.2 Å². The smallest absolute Gasteiger partial charge is 0.251 e. The highest BCUT2D eigenvalue weighted by atomic mass is 16.5. The molecule has 0 radical (unpaired) electrons. The molecule has 0 aromatic heterocycles. The maximum atomic E-state index is 12.0. The zero-order valence-electron chi connectivity index (χ0n) is 11.4. The third-order valence-electron chi connectivity index (χ3n) is 3.84. The molecule has 104 valence electrons. The Morgan fingerprint density at radius 2 is 2.00 bits per heavy atom. The third-order valence-corrected chi connectivity index (χ3v) is 3.84. The SMILES string of the molecule is COc1ccc(C(=O)NCC2CCCCC2N)cc1. The van der Waals surface area contributed by atoms with Crippen LogP contribution in [0.15, 0.2) is 24.3 Å². The fourth-order valence-electron chi connectivity index (χ4n) is 2.56. The van der Waals surface area contributed by atoms with Gasteiger partial charge >= 0.3 is 0 Å². The van der Waals surface area contributed by atoms with Crippen LogP contribution in [-0.4, -0.2) is 25.6 Å². The minimum Gasteiger partial charge on any atom is -0.497 e. The van der Waals surface area contributed by atoms with Crippen LogP contribution in [0.2, 0.25) is 0 Å². The van der Waals surface area contributed by atoms with Gasteiger partial charge in [-0.2, -0.15) is 0 Å². The Balaban J connectivity index is 1.86. The Hall–Kier alpha value is -1.55. The first kappa shape index (κ1) is 13.9. The average molecular weight is 262 g/mol. The second-order valence-electron chi connectivity index (χ2n) is 5.15. The number of nitrogens with one attached hydrogen (secondary N) is 1. The van der Waals surface area contributed by atoms with Gasteiger partial charge in [0.25, 0.3) is 5.91 Å². The molecule has 19 heavy (non-hydrogen) atoms. The van der Waals surface area contributed by atoms with Gasteiger partial charge in [0.2, 0.25) is 0 Å². The van der Waals surface area contributed by atoms with E-state index in [2.05, 4.69) is 5.32 Å². The molecule has 0 aliphatic heterocycles. The van der Waals surface area contributed by atoms with Crippen molar-refractivity contribution in [1.29, 1.82) is 0 Å². The Labute approximate surface area is 114 Å². The summed E-state index contributed by atoms with van der Waals surface area (Å²) in [7, 11) is 1.61. The molecule has 0 bridgehead atoms. The van der Waals surface area contributed by atoms with E-state index in [9.17, 15) is 4.79 Å². The molecule has 1 aromatic carbocycles. The Morgan fingerprint density at radius 3 is 2.63 bits per heavy atom. The van der Waals surface area contributed by atoms with Crippen LogP contribution < -0.4 is 15.8 Å². The highest BCUT2D eigenvalue weighted by Gasteiger charge is 2.22. The molecule has 2 rings (SSSR count). The molecule has 2 atom stereocenters. The van der Waals surface area contributed by atoms with E-state index in [1.54, 1.807) is 31.4 Å². The number of benzene rings is 1. The van der Waals surface area contributed by atoms with Crippen LogP contribution >= 0.6 is 0 Å². The second-order valence-corrected chi connectivity index (χ2v) is 5.15. The zero-order valence-corrected chi connectivity index (χ0v) is 11.4. The molecule has 3 N–H and O–H groups in total. The Bertz CT molecular complexity index is 417. The van der Waals surface area contributed by atoms with Gasteiger partial charge in [0.15, 0.2) is 0 Å². The van der Waals surface area contributed by atoms with E-state index in [4.69, 9.17) is 10.5 Å². The summed E-state index contributed by atoms with van der Waals surface area (Å²) in [6, 6.07) is 7.36.